The molecule has 0 saturated carbocycles. The van der Waals surface area contributed by atoms with Gasteiger partial charge in [0.15, 0.2) is 0 Å². The van der Waals surface area contributed by atoms with Crippen molar-refractivity contribution in [3.8, 4) is 17.1 Å². The van der Waals surface area contributed by atoms with E-state index < -0.39 is 6.04 Å². The van der Waals surface area contributed by atoms with Crippen molar-refractivity contribution in [1.82, 2.24) is 30.3 Å². The third-order valence-corrected chi connectivity index (χ3v) is 3.94. The second-order valence-corrected chi connectivity index (χ2v) is 5.86. The maximum atomic E-state index is 12.4. The highest BCUT2D eigenvalue weighted by molar-refractivity contribution is 5.79. The second-order valence-electron chi connectivity index (χ2n) is 5.86. The summed E-state index contributed by atoms with van der Waals surface area (Å²) in [5, 5.41) is 11.0. The first kappa shape index (κ1) is 17.5. The first-order valence-corrected chi connectivity index (χ1v) is 8.19. The van der Waals surface area contributed by atoms with E-state index in [9.17, 15) is 4.79 Å². The highest BCUT2D eigenvalue weighted by Crippen LogP contribution is 2.25. The molecule has 8 heteroatoms. The number of nitrogens with one attached hydrogen (secondary N) is 1. The van der Waals surface area contributed by atoms with E-state index in [1.54, 1.807) is 44.8 Å². The molecule has 26 heavy (non-hydrogen) atoms. The summed E-state index contributed by atoms with van der Waals surface area (Å²) in [4.78, 5) is 20.9. The van der Waals surface area contributed by atoms with Gasteiger partial charge in [0.1, 0.15) is 23.2 Å². The fourth-order valence-corrected chi connectivity index (χ4v) is 2.37. The van der Waals surface area contributed by atoms with Gasteiger partial charge in [-0.05, 0) is 37.6 Å². The van der Waals surface area contributed by atoms with Crippen molar-refractivity contribution in [1.29, 1.82) is 0 Å². The predicted molar refractivity (Wildman–Crippen MR) is 95.3 cm³/mol. The van der Waals surface area contributed by atoms with Crippen LogP contribution in [0.1, 0.15) is 24.2 Å². The number of methoxy groups -OCH3 is 1. The number of aromatic nitrogens is 5. The molecule has 0 spiro atoms. The van der Waals surface area contributed by atoms with Crippen LogP contribution in [0.15, 0.2) is 42.9 Å². The molecule has 1 atom stereocenters. The molecule has 1 unspecified atom stereocenters. The lowest BCUT2D eigenvalue weighted by Gasteiger charge is -2.11. The summed E-state index contributed by atoms with van der Waals surface area (Å²) in [6.07, 6.45) is 5.11. The summed E-state index contributed by atoms with van der Waals surface area (Å²) in [7, 11) is 1.57. The summed E-state index contributed by atoms with van der Waals surface area (Å²) >= 11 is 0. The smallest absolute Gasteiger partial charge is 0.244 e. The van der Waals surface area contributed by atoms with E-state index in [4.69, 9.17) is 4.74 Å². The van der Waals surface area contributed by atoms with Crippen LogP contribution >= 0.6 is 0 Å². The van der Waals surface area contributed by atoms with Gasteiger partial charge >= 0.3 is 0 Å². The van der Waals surface area contributed by atoms with E-state index in [1.165, 1.54) is 4.68 Å². The Morgan fingerprint density at radius 3 is 2.88 bits per heavy atom. The summed E-state index contributed by atoms with van der Waals surface area (Å²) in [6.45, 7) is 4.08. The molecule has 0 radical (unpaired) electrons. The van der Waals surface area contributed by atoms with Crippen molar-refractivity contribution in [2.24, 2.45) is 0 Å². The topological polar surface area (TPSA) is 94.8 Å². The minimum Gasteiger partial charge on any atom is -0.494 e. The molecular weight excluding hydrogens is 332 g/mol. The van der Waals surface area contributed by atoms with Crippen molar-refractivity contribution in [3.05, 3.63) is 54.1 Å². The van der Waals surface area contributed by atoms with Gasteiger partial charge in [-0.25, -0.2) is 4.68 Å². The normalized spacial score (nSPS) is 11.8. The number of carbonyl (C=O) groups is 1. The number of carbonyl (C=O) groups excluding carboxylic acids is 1. The maximum absolute atomic E-state index is 12.4. The standard InChI is InChI=1S/C18H20N6O2/c1-12-6-7-14(20-9-12)10-21-18(25)13(2)24-11-15(22-23-24)17-16(26-3)5-4-8-19-17/h4-9,11,13H,10H2,1-3H3,(H,21,25). The average Bonchev–Trinajstić information content (AvgIpc) is 3.16. The monoisotopic (exact) mass is 352 g/mol. The summed E-state index contributed by atoms with van der Waals surface area (Å²) < 4.78 is 6.79. The number of aryl methyl sites for hydroxylation is 1. The molecule has 0 bridgehead atoms. The number of nitrogens with zero attached hydrogens (tertiary/aromatic N) is 5. The van der Waals surface area contributed by atoms with E-state index in [0.717, 1.165) is 11.3 Å². The van der Waals surface area contributed by atoms with E-state index in [-0.39, 0.29) is 5.91 Å². The number of hydrogen-bond acceptors (Lipinski definition) is 6. The minimum absolute atomic E-state index is 0.170. The van der Waals surface area contributed by atoms with Crippen LogP contribution < -0.4 is 10.1 Å². The van der Waals surface area contributed by atoms with Gasteiger partial charge in [-0.1, -0.05) is 11.3 Å². The molecule has 3 aromatic heterocycles. The Morgan fingerprint density at radius 1 is 1.31 bits per heavy atom. The Labute approximate surface area is 151 Å². The van der Waals surface area contributed by atoms with Crippen LogP contribution in [-0.2, 0) is 11.3 Å². The Bertz CT molecular complexity index is 891. The van der Waals surface area contributed by atoms with Crippen molar-refractivity contribution in [2.45, 2.75) is 26.4 Å². The summed E-state index contributed by atoms with van der Waals surface area (Å²) in [6, 6.07) is 6.91. The van der Waals surface area contributed by atoms with Crippen LogP contribution in [0.25, 0.3) is 11.4 Å². The fraction of sp³-hybridized carbons (Fsp3) is 0.278. The molecule has 134 valence electrons. The summed E-state index contributed by atoms with van der Waals surface area (Å²) in [5.74, 6) is 0.430. The average molecular weight is 352 g/mol. The maximum Gasteiger partial charge on any atom is 0.244 e. The van der Waals surface area contributed by atoms with E-state index in [1.807, 2.05) is 19.1 Å². The quantitative estimate of drug-likeness (QED) is 0.728. The molecular formula is C18H20N6O2. The molecule has 0 aliphatic heterocycles. The van der Waals surface area contributed by atoms with Gasteiger partial charge in [0.05, 0.1) is 25.5 Å². The lowest BCUT2D eigenvalue weighted by Crippen LogP contribution is -2.31. The van der Waals surface area contributed by atoms with Crippen molar-refractivity contribution >= 4 is 5.91 Å². The van der Waals surface area contributed by atoms with Crippen LogP contribution in [0.4, 0.5) is 0 Å². The van der Waals surface area contributed by atoms with Gasteiger partial charge in [0, 0.05) is 12.4 Å². The molecule has 3 rings (SSSR count). The molecule has 0 aromatic carbocycles. The SMILES string of the molecule is COc1cccnc1-c1cn(C(C)C(=O)NCc2ccc(C)cn2)nn1. The molecule has 0 aliphatic rings. The zero-order valence-electron chi connectivity index (χ0n) is 14.9. The van der Waals surface area contributed by atoms with Crippen molar-refractivity contribution < 1.29 is 9.53 Å². The minimum atomic E-state index is -0.517. The third-order valence-electron chi connectivity index (χ3n) is 3.94. The molecule has 3 aromatic rings. The molecule has 1 amide bonds. The van der Waals surface area contributed by atoms with Gasteiger partial charge in [0.25, 0.3) is 0 Å². The Balaban J connectivity index is 1.68. The van der Waals surface area contributed by atoms with Crippen LogP contribution in [0, 0.1) is 6.92 Å². The summed E-state index contributed by atoms with van der Waals surface area (Å²) in [5.41, 5.74) is 3.00. The van der Waals surface area contributed by atoms with E-state index >= 15 is 0 Å². The van der Waals surface area contributed by atoms with Crippen molar-refractivity contribution in [3.63, 3.8) is 0 Å². The Kier molecular flexibility index (Phi) is 5.21. The van der Waals surface area contributed by atoms with Crippen molar-refractivity contribution in [2.75, 3.05) is 7.11 Å². The van der Waals surface area contributed by atoms with Crippen LogP contribution in [0.2, 0.25) is 0 Å². The van der Waals surface area contributed by atoms with Crippen LogP contribution in [0.5, 0.6) is 5.75 Å². The molecule has 3 heterocycles. The fourth-order valence-electron chi connectivity index (χ4n) is 2.37. The van der Waals surface area contributed by atoms with Gasteiger partial charge in [-0.15, -0.1) is 5.10 Å². The highest BCUT2D eigenvalue weighted by Gasteiger charge is 2.18. The molecule has 1 N–H and O–H groups in total. The number of hydrogen-bond donors (Lipinski definition) is 1. The van der Waals surface area contributed by atoms with E-state index in [0.29, 0.717) is 23.7 Å². The Hall–Kier alpha value is -3.29. The van der Waals surface area contributed by atoms with Crippen LogP contribution in [0.3, 0.4) is 0 Å². The first-order chi connectivity index (χ1) is 12.6. The number of ether oxygens (including phenoxy) is 1. The van der Waals surface area contributed by atoms with Gasteiger partial charge in [-0.2, -0.15) is 0 Å². The third kappa shape index (κ3) is 3.85. The van der Waals surface area contributed by atoms with E-state index in [2.05, 4.69) is 25.6 Å². The number of amides is 1. The first-order valence-electron chi connectivity index (χ1n) is 8.19. The second kappa shape index (κ2) is 7.73. The lowest BCUT2D eigenvalue weighted by molar-refractivity contribution is -0.124. The predicted octanol–water partition coefficient (Wildman–Crippen LogP) is 1.93. The molecule has 8 nitrogen and oxygen atoms in total. The van der Waals surface area contributed by atoms with Gasteiger partial charge < -0.3 is 10.1 Å². The molecule has 0 fully saturated rings. The molecule has 0 aliphatic carbocycles. The highest BCUT2D eigenvalue weighted by atomic mass is 16.5. The zero-order valence-corrected chi connectivity index (χ0v) is 14.9. The molecule has 0 saturated heterocycles. The number of rotatable bonds is 6. The largest absolute Gasteiger partial charge is 0.494 e. The lowest BCUT2D eigenvalue weighted by atomic mass is 10.2. The van der Waals surface area contributed by atoms with Gasteiger partial charge in [0.2, 0.25) is 5.91 Å². The van der Waals surface area contributed by atoms with Gasteiger partial charge in [-0.3, -0.25) is 14.8 Å². The number of pyridine rings is 2. The van der Waals surface area contributed by atoms with Crippen LogP contribution in [-0.4, -0.2) is 38.0 Å². The zero-order chi connectivity index (χ0) is 18.5. The Morgan fingerprint density at radius 2 is 2.15 bits per heavy atom.